The van der Waals surface area contributed by atoms with Crippen LogP contribution in [-0.2, 0) is 11.1 Å². The Morgan fingerprint density at radius 2 is 2.15 bits per heavy atom. The van der Waals surface area contributed by atoms with Gasteiger partial charge in [0.25, 0.3) is 0 Å². The molecule has 1 unspecified atom stereocenters. The summed E-state index contributed by atoms with van der Waals surface area (Å²) < 4.78 is 20.9. The number of halogens is 1. The minimum Gasteiger partial charge on any atom is -0.768 e. The molecule has 0 saturated heterocycles. The molecule has 0 aliphatic carbocycles. The first kappa shape index (κ1) is 13.1. The number of nitrogens with zero attached hydrogens (tertiary/aromatic N) is 1. The van der Waals surface area contributed by atoms with Gasteiger partial charge in [-0.1, -0.05) is 11.6 Å². The molecule has 1 aromatic rings. The molecule has 6 heteroatoms. The van der Waals surface area contributed by atoms with E-state index < -0.39 is 11.1 Å². The molecule has 0 bridgehead atoms. The Morgan fingerprint density at radius 3 is 2.54 bits per heavy atom. The molecule has 0 aliphatic rings. The van der Waals surface area contributed by atoms with Gasteiger partial charge in [0.05, 0.1) is 16.7 Å². The fourth-order valence-corrected chi connectivity index (χ4v) is 1.47. The van der Waals surface area contributed by atoms with Crippen molar-refractivity contribution in [2.45, 2.75) is 4.90 Å². The predicted molar refractivity (Wildman–Crippen MR) is 43.4 cm³/mol. The standard InChI is InChI=1S/C7H4ClNO2S.Na/c8-6-3-5(4-9)1-2-7(6)12(10)11;/h1-3H,(H,10,11);/q;+1/p-1. The van der Waals surface area contributed by atoms with Crippen LogP contribution in [0.5, 0.6) is 0 Å². The van der Waals surface area contributed by atoms with Gasteiger partial charge in [-0.3, -0.25) is 4.21 Å². The molecule has 1 atom stereocenters. The first-order chi connectivity index (χ1) is 5.65. The molecular formula is C7H3ClNNaO2S. The van der Waals surface area contributed by atoms with Crippen LogP contribution in [0.25, 0.3) is 0 Å². The third-order valence-corrected chi connectivity index (χ3v) is 2.38. The minimum atomic E-state index is -2.34. The molecule has 62 valence electrons. The summed E-state index contributed by atoms with van der Waals surface area (Å²) in [5.41, 5.74) is 0.342. The van der Waals surface area contributed by atoms with Crippen molar-refractivity contribution < 1.29 is 38.3 Å². The fourth-order valence-electron chi connectivity index (χ4n) is 0.706. The third kappa shape index (κ3) is 3.39. The van der Waals surface area contributed by atoms with Gasteiger partial charge in [-0.2, -0.15) is 5.26 Å². The van der Waals surface area contributed by atoms with Crippen LogP contribution in [0.2, 0.25) is 5.02 Å². The smallest absolute Gasteiger partial charge is 0.768 e. The molecule has 0 N–H and O–H groups in total. The van der Waals surface area contributed by atoms with Crippen LogP contribution in [0.1, 0.15) is 5.56 Å². The number of hydrogen-bond acceptors (Lipinski definition) is 3. The molecule has 0 amide bonds. The number of benzene rings is 1. The van der Waals surface area contributed by atoms with E-state index in [2.05, 4.69) is 0 Å². The van der Waals surface area contributed by atoms with Gasteiger partial charge in [0.1, 0.15) is 0 Å². The first-order valence-electron chi connectivity index (χ1n) is 2.94. The van der Waals surface area contributed by atoms with Crippen molar-refractivity contribution in [3.8, 4) is 6.07 Å². The predicted octanol–water partition coefficient (Wildman–Crippen LogP) is -1.55. The topological polar surface area (TPSA) is 63.9 Å². The van der Waals surface area contributed by atoms with E-state index in [4.69, 9.17) is 16.9 Å². The van der Waals surface area contributed by atoms with E-state index in [0.29, 0.717) is 5.56 Å². The second-order valence-corrected chi connectivity index (χ2v) is 3.31. The Labute approximate surface area is 105 Å². The average Bonchev–Trinajstić information content (AvgIpc) is 2.03. The third-order valence-electron chi connectivity index (χ3n) is 1.24. The van der Waals surface area contributed by atoms with Crippen molar-refractivity contribution in [3.63, 3.8) is 0 Å². The Morgan fingerprint density at radius 1 is 1.54 bits per heavy atom. The number of hydrogen-bond donors (Lipinski definition) is 0. The Kier molecular flexibility index (Phi) is 5.81. The quantitative estimate of drug-likeness (QED) is 0.428. The molecule has 1 rings (SSSR count). The van der Waals surface area contributed by atoms with Gasteiger partial charge in [0.15, 0.2) is 0 Å². The largest absolute Gasteiger partial charge is 1.00 e. The van der Waals surface area contributed by atoms with Crippen LogP contribution in [0.15, 0.2) is 23.1 Å². The summed E-state index contributed by atoms with van der Waals surface area (Å²) >= 11 is 3.22. The van der Waals surface area contributed by atoms with Gasteiger partial charge < -0.3 is 4.55 Å². The Bertz CT molecular complexity index is 377. The van der Waals surface area contributed by atoms with E-state index in [1.807, 2.05) is 6.07 Å². The van der Waals surface area contributed by atoms with Gasteiger partial charge in [-0.25, -0.2) is 0 Å². The molecule has 0 radical (unpaired) electrons. The van der Waals surface area contributed by atoms with Crippen molar-refractivity contribution in [1.82, 2.24) is 0 Å². The monoisotopic (exact) mass is 223 g/mol. The summed E-state index contributed by atoms with van der Waals surface area (Å²) in [5, 5.41) is 8.50. The van der Waals surface area contributed by atoms with E-state index in [1.165, 1.54) is 18.2 Å². The first-order valence-corrected chi connectivity index (χ1v) is 4.39. The molecule has 13 heavy (non-hydrogen) atoms. The number of rotatable bonds is 1. The Balaban J connectivity index is 0.00000144. The van der Waals surface area contributed by atoms with Crippen LogP contribution < -0.4 is 29.6 Å². The van der Waals surface area contributed by atoms with Crippen LogP contribution in [0.3, 0.4) is 0 Å². The van der Waals surface area contributed by atoms with Crippen molar-refractivity contribution in [3.05, 3.63) is 28.8 Å². The molecule has 3 nitrogen and oxygen atoms in total. The summed E-state index contributed by atoms with van der Waals surface area (Å²) in [6, 6.07) is 5.86. The molecule has 0 spiro atoms. The van der Waals surface area contributed by atoms with Crippen molar-refractivity contribution >= 4 is 22.7 Å². The van der Waals surface area contributed by atoms with Gasteiger partial charge >= 0.3 is 29.6 Å². The molecule has 0 fully saturated rings. The summed E-state index contributed by atoms with van der Waals surface area (Å²) in [4.78, 5) is 0.00988. The summed E-state index contributed by atoms with van der Waals surface area (Å²) in [7, 11) is 0. The van der Waals surface area contributed by atoms with Crippen LogP contribution in [0.4, 0.5) is 0 Å². The maximum Gasteiger partial charge on any atom is 1.00 e. The van der Waals surface area contributed by atoms with E-state index in [0.717, 1.165) is 0 Å². The fraction of sp³-hybridized carbons (Fsp3) is 0. The van der Waals surface area contributed by atoms with Crippen molar-refractivity contribution in [1.29, 1.82) is 5.26 Å². The molecule has 0 heterocycles. The summed E-state index contributed by atoms with van der Waals surface area (Å²) in [5.74, 6) is 0. The summed E-state index contributed by atoms with van der Waals surface area (Å²) in [6.45, 7) is 0. The normalized spacial score (nSPS) is 11.2. The number of nitriles is 1. The molecule has 0 aliphatic heterocycles. The van der Waals surface area contributed by atoms with Gasteiger partial charge in [-0.15, -0.1) is 0 Å². The zero-order valence-corrected chi connectivity index (χ0v) is 10.4. The molecule has 0 aromatic heterocycles. The maximum atomic E-state index is 10.5. The second kappa shape index (κ2) is 5.76. The maximum absolute atomic E-state index is 10.5. The molecule has 0 saturated carbocycles. The van der Waals surface area contributed by atoms with E-state index in [-0.39, 0.29) is 39.5 Å². The second-order valence-electron chi connectivity index (χ2n) is 1.99. The zero-order chi connectivity index (χ0) is 9.14. The Hall–Kier alpha value is 0.110. The van der Waals surface area contributed by atoms with E-state index in [1.54, 1.807) is 0 Å². The molecular weight excluding hydrogens is 221 g/mol. The van der Waals surface area contributed by atoms with Crippen molar-refractivity contribution in [2.24, 2.45) is 0 Å². The zero-order valence-electron chi connectivity index (χ0n) is 6.78. The van der Waals surface area contributed by atoms with Crippen LogP contribution in [0, 0.1) is 11.3 Å². The van der Waals surface area contributed by atoms with E-state index in [9.17, 15) is 8.76 Å². The van der Waals surface area contributed by atoms with Gasteiger partial charge in [-0.05, 0) is 29.3 Å². The SMILES string of the molecule is N#Cc1ccc(S(=O)[O-])c(Cl)c1.[Na+]. The van der Waals surface area contributed by atoms with Gasteiger partial charge in [0.2, 0.25) is 0 Å². The van der Waals surface area contributed by atoms with Crippen molar-refractivity contribution in [2.75, 3.05) is 0 Å². The van der Waals surface area contributed by atoms with Gasteiger partial charge in [0, 0.05) is 4.90 Å². The average molecular weight is 224 g/mol. The summed E-state index contributed by atoms with van der Waals surface area (Å²) in [6.07, 6.45) is 0. The van der Waals surface area contributed by atoms with Crippen LogP contribution >= 0.6 is 11.6 Å². The van der Waals surface area contributed by atoms with Crippen LogP contribution in [-0.4, -0.2) is 8.76 Å². The molecule has 1 aromatic carbocycles. The minimum absolute atomic E-state index is 0. The van der Waals surface area contributed by atoms with E-state index >= 15 is 0 Å².